The van der Waals surface area contributed by atoms with E-state index in [9.17, 15) is 4.79 Å². The Hall–Kier alpha value is -2.41. The van der Waals surface area contributed by atoms with Crippen molar-refractivity contribution in [3.05, 3.63) is 35.1 Å². The summed E-state index contributed by atoms with van der Waals surface area (Å²) in [4.78, 5) is 20.5. The number of nitrogens with two attached hydrogens (primary N) is 1. The lowest BCUT2D eigenvalue weighted by Gasteiger charge is -2.17. The molecule has 3 aromatic rings. The van der Waals surface area contributed by atoms with Gasteiger partial charge in [0, 0.05) is 18.2 Å². The van der Waals surface area contributed by atoms with Gasteiger partial charge in [-0.15, -0.1) is 0 Å². The normalized spacial score (nSPS) is 11.7. The Morgan fingerprint density at radius 3 is 2.40 bits per heavy atom. The maximum absolute atomic E-state index is 12.1. The van der Waals surface area contributed by atoms with Crippen molar-refractivity contribution in [2.45, 2.75) is 20.8 Å². The minimum atomic E-state index is -0.437. The fraction of sp³-hybridized carbons (Fsp3) is 0.278. The third-order valence-corrected chi connectivity index (χ3v) is 4.81. The quantitative estimate of drug-likeness (QED) is 0.679. The molecule has 1 aromatic carbocycles. The van der Waals surface area contributed by atoms with Crippen molar-refractivity contribution >= 4 is 44.4 Å². The van der Waals surface area contributed by atoms with Crippen LogP contribution in [0.3, 0.4) is 0 Å². The highest BCUT2D eigenvalue weighted by Gasteiger charge is 2.22. The molecule has 2 aromatic heterocycles. The molecule has 0 spiro atoms. The molecule has 0 unspecified atom stereocenters. The Balaban J connectivity index is 2.00. The zero-order chi connectivity index (χ0) is 18.4. The summed E-state index contributed by atoms with van der Waals surface area (Å²) in [7, 11) is 1.93. The van der Waals surface area contributed by atoms with Gasteiger partial charge in [-0.1, -0.05) is 32.9 Å². The number of carbonyl (C=O) groups excluding carboxylic acids is 1. The smallest absolute Gasteiger partial charge is 0.229 e. The topological polar surface area (TPSA) is 85.8 Å². The second-order valence-electron chi connectivity index (χ2n) is 6.96. The predicted octanol–water partition coefficient (Wildman–Crippen LogP) is 3.96. The van der Waals surface area contributed by atoms with Crippen LogP contribution in [-0.2, 0) is 11.8 Å². The zero-order valence-corrected chi connectivity index (χ0v) is 16.2. The van der Waals surface area contributed by atoms with Crippen LogP contribution < -0.4 is 11.1 Å². The molecule has 6 nitrogen and oxygen atoms in total. The van der Waals surface area contributed by atoms with Gasteiger partial charge in [0.2, 0.25) is 5.91 Å². The minimum Gasteiger partial charge on any atom is -0.383 e. The van der Waals surface area contributed by atoms with Gasteiger partial charge >= 0.3 is 0 Å². The van der Waals surface area contributed by atoms with Crippen molar-refractivity contribution in [3.63, 3.8) is 0 Å². The number of anilines is 2. The monoisotopic (exact) mass is 401 g/mol. The van der Waals surface area contributed by atoms with Gasteiger partial charge in [0.1, 0.15) is 17.8 Å². The Morgan fingerprint density at radius 2 is 1.84 bits per heavy atom. The number of rotatable bonds is 2. The van der Waals surface area contributed by atoms with Gasteiger partial charge in [-0.3, -0.25) is 4.79 Å². The second-order valence-corrected chi connectivity index (χ2v) is 7.75. The SMILES string of the molecule is Cn1c(-c2ccc(NC(=O)C(C)(C)C)cc2)c(Br)c2c(N)ncnc21. The van der Waals surface area contributed by atoms with Gasteiger partial charge in [0.15, 0.2) is 0 Å². The molecule has 0 fully saturated rings. The Kier molecular flexibility index (Phi) is 4.28. The van der Waals surface area contributed by atoms with E-state index in [2.05, 4.69) is 31.2 Å². The highest BCUT2D eigenvalue weighted by atomic mass is 79.9. The van der Waals surface area contributed by atoms with Crippen LogP contribution in [0.25, 0.3) is 22.3 Å². The number of fused-ring (bicyclic) bond motifs is 1. The first kappa shape index (κ1) is 17.4. The first-order chi connectivity index (χ1) is 11.7. The van der Waals surface area contributed by atoms with E-state index < -0.39 is 5.41 Å². The van der Waals surface area contributed by atoms with Gasteiger partial charge in [-0.25, -0.2) is 9.97 Å². The van der Waals surface area contributed by atoms with E-state index in [1.807, 2.05) is 56.7 Å². The number of amides is 1. The van der Waals surface area contributed by atoms with E-state index in [1.165, 1.54) is 6.33 Å². The van der Waals surface area contributed by atoms with Crippen LogP contribution >= 0.6 is 15.9 Å². The van der Waals surface area contributed by atoms with Crippen LogP contribution in [0.1, 0.15) is 20.8 Å². The lowest BCUT2D eigenvalue weighted by atomic mass is 9.95. The van der Waals surface area contributed by atoms with Gasteiger partial charge in [-0.05, 0) is 33.6 Å². The molecule has 0 aliphatic heterocycles. The molecule has 25 heavy (non-hydrogen) atoms. The number of aromatic nitrogens is 3. The fourth-order valence-electron chi connectivity index (χ4n) is 2.58. The highest BCUT2D eigenvalue weighted by Crippen LogP contribution is 2.38. The standard InChI is InChI=1S/C18H20BrN5O/c1-18(2,3)17(25)23-11-7-5-10(6-8-11)14-13(19)12-15(20)21-9-22-16(12)24(14)4/h5-9H,1-4H3,(H,23,25)(H2,20,21,22). The maximum atomic E-state index is 12.1. The molecule has 0 saturated heterocycles. The van der Waals surface area contributed by atoms with Gasteiger partial charge in [-0.2, -0.15) is 0 Å². The van der Waals surface area contributed by atoms with Crippen molar-refractivity contribution in [2.75, 3.05) is 11.1 Å². The van der Waals surface area contributed by atoms with Crippen LogP contribution in [0.5, 0.6) is 0 Å². The maximum Gasteiger partial charge on any atom is 0.229 e. The molecule has 3 N–H and O–H groups in total. The van der Waals surface area contributed by atoms with Gasteiger partial charge in [0.25, 0.3) is 0 Å². The first-order valence-electron chi connectivity index (χ1n) is 7.86. The summed E-state index contributed by atoms with van der Waals surface area (Å²) in [6.45, 7) is 5.65. The number of nitrogens with one attached hydrogen (secondary N) is 1. The Bertz CT molecular complexity index is 954. The lowest BCUT2D eigenvalue weighted by molar-refractivity contribution is -0.123. The number of aryl methyl sites for hydroxylation is 1. The molecular weight excluding hydrogens is 382 g/mol. The molecule has 3 rings (SSSR count). The van der Waals surface area contributed by atoms with Crippen molar-refractivity contribution in [1.82, 2.24) is 14.5 Å². The molecule has 0 saturated carbocycles. The van der Waals surface area contributed by atoms with Crippen LogP contribution in [0.4, 0.5) is 11.5 Å². The van der Waals surface area contributed by atoms with Crippen LogP contribution in [0.15, 0.2) is 35.1 Å². The van der Waals surface area contributed by atoms with E-state index in [1.54, 1.807) is 0 Å². The van der Waals surface area contributed by atoms with Crippen LogP contribution in [-0.4, -0.2) is 20.4 Å². The van der Waals surface area contributed by atoms with E-state index in [0.717, 1.165) is 32.5 Å². The fourth-order valence-corrected chi connectivity index (χ4v) is 3.45. The zero-order valence-electron chi connectivity index (χ0n) is 14.6. The molecule has 0 atom stereocenters. The number of hydrogen-bond acceptors (Lipinski definition) is 4. The predicted molar refractivity (Wildman–Crippen MR) is 104 cm³/mol. The summed E-state index contributed by atoms with van der Waals surface area (Å²) < 4.78 is 2.83. The summed E-state index contributed by atoms with van der Waals surface area (Å²) in [6, 6.07) is 7.69. The number of nitrogen functional groups attached to an aromatic ring is 1. The Labute approximate surface area is 154 Å². The molecule has 2 heterocycles. The molecular formula is C18H20BrN5O. The largest absolute Gasteiger partial charge is 0.383 e. The third-order valence-electron chi connectivity index (χ3n) is 4.03. The van der Waals surface area contributed by atoms with Gasteiger partial charge < -0.3 is 15.6 Å². The van der Waals surface area contributed by atoms with Crippen LogP contribution in [0.2, 0.25) is 0 Å². The number of halogens is 1. The highest BCUT2D eigenvalue weighted by molar-refractivity contribution is 9.10. The molecule has 0 bridgehead atoms. The number of hydrogen-bond donors (Lipinski definition) is 2. The average molecular weight is 402 g/mol. The molecule has 1 amide bonds. The molecule has 0 aliphatic rings. The van der Waals surface area contributed by atoms with Crippen molar-refractivity contribution in [3.8, 4) is 11.3 Å². The van der Waals surface area contributed by atoms with E-state index in [-0.39, 0.29) is 5.91 Å². The average Bonchev–Trinajstić information content (AvgIpc) is 2.80. The molecule has 0 aliphatic carbocycles. The number of nitrogens with zero attached hydrogens (tertiary/aromatic N) is 3. The van der Waals surface area contributed by atoms with Gasteiger partial charge in [0.05, 0.1) is 15.6 Å². The number of carbonyl (C=O) groups is 1. The van der Waals surface area contributed by atoms with Crippen LogP contribution in [0, 0.1) is 5.41 Å². The molecule has 0 radical (unpaired) electrons. The van der Waals surface area contributed by atoms with E-state index in [4.69, 9.17) is 5.73 Å². The van der Waals surface area contributed by atoms with E-state index in [0.29, 0.717) is 5.82 Å². The summed E-state index contributed by atoms with van der Waals surface area (Å²) >= 11 is 3.62. The molecule has 130 valence electrons. The summed E-state index contributed by atoms with van der Waals surface area (Å²) in [5.74, 6) is 0.418. The lowest BCUT2D eigenvalue weighted by Crippen LogP contribution is -2.27. The third kappa shape index (κ3) is 3.11. The minimum absolute atomic E-state index is 0.0194. The first-order valence-corrected chi connectivity index (χ1v) is 8.65. The van der Waals surface area contributed by atoms with Crippen molar-refractivity contribution in [2.24, 2.45) is 12.5 Å². The summed E-state index contributed by atoms with van der Waals surface area (Å²) in [5.41, 5.74) is 9.02. The summed E-state index contributed by atoms with van der Waals surface area (Å²) in [5, 5.41) is 3.72. The summed E-state index contributed by atoms with van der Waals surface area (Å²) in [6.07, 6.45) is 1.46. The van der Waals surface area contributed by atoms with Crippen molar-refractivity contribution < 1.29 is 4.79 Å². The number of benzene rings is 1. The Morgan fingerprint density at radius 1 is 1.20 bits per heavy atom. The van der Waals surface area contributed by atoms with Crippen molar-refractivity contribution in [1.29, 1.82) is 0 Å². The van der Waals surface area contributed by atoms with E-state index >= 15 is 0 Å². The molecule has 7 heteroatoms. The second kappa shape index (κ2) is 6.15.